The Morgan fingerprint density at radius 1 is 1.62 bits per heavy atom. The van der Waals surface area contributed by atoms with Gasteiger partial charge in [-0.15, -0.1) is 0 Å². The molecule has 0 atom stereocenters. The lowest BCUT2D eigenvalue weighted by molar-refractivity contribution is -0.116. The summed E-state index contributed by atoms with van der Waals surface area (Å²) in [7, 11) is 0. The number of rotatable bonds is 1. The molecule has 0 saturated heterocycles. The van der Waals surface area contributed by atoms with Gasteiger partial charge in [-0.1, -0.05) is 18.2 Å². The maximum atomic E-state index is 10.7. The summed E-state index contributed by atoms with van der Waals surface area (Å²) in [5.41, 5.74) is 0. The Balaban J connectivity index is 2.24. The molecule has 0 aromatic heterocycles. The van der Waals surface area contributed by atoms with Crippen LogP contribution in [0.3, 0.4) is 0 Å². The van der Waals surface area contributed by atoms with E-state index in [1.807, 2.05) is 0 Å². The second-order valence-corrected chi connectivity index (χ2v) is 2.78. The minimum atomic E-state index is 0.274. The Labute approximate surface area is 53.8 Å². The zero-order chi connectivity index (χ0) is 5.98. The summed E-state index contributed by atoms with van der Waals surface area (Å²) in [5, 5.41) is 0.274. The Hall–Kier alpha value is 0.0200. The highest BCUT2D eigenvalue weighted by atomic mass is 32.2. The molecule has 1 aliphatic carbocycles. The quantitative estimate of drug-likeness (QED) is 0.537. The summed E-state index contributed by atoms with van der Waals surface area (Å²) in [5.74, 6) is 0.359. The van der Waals surface area contributed by atoms with E-state index >= 15 is 0 Å². The van der Waals surface area contributed by atoms with Crippen LogP contribution in [0.1, 0.15) is 19.3 Å². The maximum absolute atomic E-state index is 10.7. The fourth-order valence-corrected chi connectivity index (χ4v) is 1.23. The first-order valence-corrected chi connectivity index (χ1v) is 3.79. The first kappa shape index (κ1) is 6.14. The van der Waals surface area contributed by atoms with E-state index in [0.29, 0.717) is 5.92 Å². The van der Waals surface area contributed by atoms with Crippen LogP contribution >= 0.6 is 11.8 Å². The van der Waals surface area contributed by atoms with Gasteiger partial charge in [-0.3, -0.25) is 4.79 Å². The van der Waals surface area contributed by atoms with Gasteiger partial charge in [0.2, 0.25) is 0 Å². The van der Waals surface area contributed by atoms with Crippen LogP contribution in [0.2, 0.25) is 0 Å². The third kappa shape index (κ3) is 1.05. The maximum Gasteiger partial charge on any atom is 0.192 e. The molecular weight excluding hydrogens is 120 g/mol. The third-order valence-electron chi connectivity index (χ3n) is 1.58. The number of hydrogen-bond acceptors (Lipinski definition) is 2. The van der Waals surface area contributed by atoms with E-state index in [-0.39, 0.29) is 5.12 Å². The van der Waals surface area contributed by atoms with Gasteiger partial charge < -0.3 is 0 Å². The van der Waals surface area contributed by atoms with Crippen molar-refractivity contribution in [3.63, 3.8) is 0 Å². The van der Waals surface area contributed by atoms with Crippen LogP contribution in [-0.4, -0.2) is 5.12 Å². The zero-order valence-corrected chi connectivity index (χ0v) is 5.54. The zero-order valence-electron chi connectivity index (χ0n) is 4.72. The molecule has 1 radical (unpaired) electrons. The van der Waals surface area contributed by atoms with E-state index in [1.165, 1.54) is 6.42 Å². The Bertz CT molecular complexity index is 96.7. The van der Waals surface area contributed by atoms with Gasteiger partial charge in [0.25, 0.3) is 0 Å². The lowest BCUT2D eigenvalue weighted by atomic mass is 9.87. The predicted octanol–water partition coefficient (Wildman–Crippen LogP) is 1.84. The fourth-order valence-electron chi connectivity index (χ4n) is 0.762. The van der Waals surface area contributed by atoms with Crippen molar-refractivity contribution in [2.24, 2.45) is 5.92 Å². The molecule has 0 aromatic rings. The SMILES string of the molecule is [CH2]SC(=O)C1CCC1. The van der Waals surface area contributed by atoms with Gasteiger partial charge in [0.15, 0.2) is 5.12 Å². The highest BCUT2D eigenvalue weighted by molar-refractivity contribution is 8.14. The van der Waals surface area contributed by atoms with Crippen molar-refractivity contribution in [3.8, 4) is 0 Å². The number of thioether (sulfide) groups is 1. The standard InChI is InChI=1S/C6H9OS/c1-8-6(7)5-3-2-4-5/h5H,1-4H2. The minimum Gasteiger partial charge on any atom is -0.287 e. The lowest BCUT2D eigenvalue weighted by Crippen LogP contribution is -2.18. The van der Waals surface area contributed by atoms with Crippen molar-refractivity contribution in [1.82, 2.24) is 0 Å². The predicted molar refractivity (Wildman–Crippen MR) is 35.3 cm³/mol. The second-order valence-electron chi connectivity index (χ2n) is 2.09. The van der Waals surface area contributed by atoms with Gasteiger partial charge in [-0.2, -0.15) is 0 Å². The average Bonchev–Trinajstić information content (AvgIpc) is 1.62. The molecule has 0 aromatic carbocycles. The van der Waals surface area contributed by atoms with E-state index in [0.717, 1.165) is 24.6 Å². The molecule has 0 bridgehead atoms. The second kappa shape index (κ2) is 2.53. The van der Waals surface area contributed by atoms with Crippen molar-refractivity contribution in [3.05, 3.63) is 6.26 Å². The Morgan fingerprint density at radius 3 is 2.38 bits per heavy atom. The van der Waals surface area contributed by atoms with Crippen LogP contribution in [0, 0.1) is 12.2 Å². The Kier molecular flexibility index (Phi) is 1.95. The lowest BCUT2D eigenvalue weighted by Gasteiger charge is -2.21. The molecule has 0 heterocycles. The third-order valence-corrected chi connectivity index (χ3v) is 2.20. The molecule has 1 rings (SSSR count). The normalized spacial score (nSPS) is 20.1. The van der Waals surface area contributed by atoms with Crippen LogP contribution in [0.4, 0.5) is 0 Å². The summed E-state index contributed by atoms with van der Waals surface area (Å²) < 4.78 is 0. The summed E-state index contributed by atoms with van der Waals surface area (Å²) in [4.78, 5) is 10.7. The number of carbonyl (C=O) groups excluding carboxylic acids is 1. The first-order chi connectivity index (χ1) is 3.84. The van der Waals surface area contributed by atoms with Crippen molar-refractivity contribution in [2.75, 3.05) is 0 Å². The van der Waals surface area contributed by atoms with Crippen LogP contribution in [0.5, 0.6) is 0 Å². The molecule has 0 unspecified atom stereocenters. The highest BCUT2D eigenvalue weighted by Crippen LogP contribution is 2.30. The molecule has 1 nitrogen and oxygen atoms in total. The van der Waals surface area contributed by atoms with Crippen molar-refractivity contribution >= 4 is 16.9 Å². The molecule has 1 saturated carbocycles. The number of hydrogen-bond donors (Lipinski definition) is 0. The van der Waals surface area contributed by atoms with E-state index in [9.17, 15) is 4.79 Å². The fraction of sp³-hybridized carbons (Fsp3) is 0.667. The van der Waals surface area contributed by atoms with Crippen molar-refractivity contribution < 1.29 is 4.79 Å². The van der Waals surface area contributed by atoms with Gasteiger partial charge in [-0.05, 0) is 12.8 Å². The summed E-state index contributed by atoms with van der Waals surface area (Å²) in [6.45, 7) is 0. The minimum absolute atomic E-state index is 0.274. The molecule has 1 fully saturated rings. The topological polar surface area (TPSA) is 17.1 Å². The summed E-state index contributed by atoms with van der Waals surface area (Å²) >= 11 is 1.12. The molecular formula is C6H9OS. The smallest absolute Gasteiger partial charge is 0.192 e. The Morgan fingerprint density at radius 2 is 2.25 bits per heavy atom. The van der Waals surface area contributed by atoms with Crippen molar-refractivity contribution in [1.29, 1.82) is 0 Å². The molecule has 0 N–H and O–H groups in total. The van der Waals surface area contributed by atoms with Gasteiger partial charge in [-0.25, -0.2) is 0 Å². The van der Waals surface area contributed by atoms with Crippen LogP contribution < -0.4 is 0 Å². The van der Waals surface area contributed by atoms with E-state index < -0.39 is 0 Å². The van der Waals surface area contributed by atoms with Crippen LogP contribution in [0.15, 0.2) is 0 Å². The number of carbonyl (C=O) groups is 1. The van der Waals surface area contributed by atoms with Gasteiger partial charge in [0.1, 0.15) is 0 Å². The molecule has 0 spiro atoms. The molecule has 45 valence electrons. The van der Waals surface area contributed by atoms with E-state index in [2.05, 4.69) is 6.26 Å². The average molecular weight is 129 g/mol. The van der Waals surface area contributed by atoms with Gasteiger partial charge in [0.05, 0.1) is 0 Å². The van der Waals surface area contributed by atoms with Gasteiger partial charge in [0, 0.05) is 12.2 Å². The van der Waals surface area contributed by atoms with E-state index in [1.54, 1.807) is 0 Å². The first-order valence-electron chi connectivity index (χ1n) is 2.80. The molecule has 8 heavy (non-hydrogen) atoms. The van der Waals surface area contributed by atoms with Crippen LogP contribution in [-0.2, 0) is 4.79 Å². The molecule has 1 aliphatic rings. The van der Waals surface area contributed by atoms with Crippen molar-refractivity contribution in [2.45, 2.75) is 19.3 Å². The summed E-state index contributed by atoms with van der Waals surface area (Å²) in [6, 6.07) is 0. The summed E-state index contributed by atoms with van der Waals surface area (Å²) in [6.07, 6.45) is 6.89. The molecule has 0 aliphatic heterocycles. The molecule has 0 amide bonds. The largest absolute Gasteiger partial charge is 0.287 e. The monoisotopic (exact) mass is 129 g/mol. The molecule has 2 heteroatoms. The van der Waals surface area contributed by atoms with Gasteiger partial charge >= 0.3 is 0 Å². The van der Waals surface area contributed by atoms with Crippen LogP contribution in [0.25, 0.3) is 0 Å². The van der Waals surface area contributed by atoms with E-state index in [4.69, 9.17) is 0 Å². The highest BCUT2D eigenvalue weighted by Gasteiger charge is 2.23.